The molecule has 3 aliphatic carbocycles. The number of allylic oxidation sites excluding steroid dienone is 7. The molecule has 0 spiro atoms. The van der Waals surface area contributed by atoms with E-state index in [-0.39, 0.29) is 0 Å². The standard InChI is InChI=1S/C24H20/c1-3-9-17(10-4-1)23(18-11-5-2-6-12-18)24-21-15-16-22(24)20-14-8-7-13-19(20)21/h1-12,15-16,21-22H,13-14H2. The van der Waals surface area contributed by atoms with Gasteiger partial charge in [0.25, 0.3) is 0 Å². The summed E-state index contributed by atoms with van der Waals surface area (Å²) >= 11 is 0. The molecule has 0 aliphatic heterocycles. The van der Waals surface area contributed by atoms with Crippen molar-refractivity contribution in [1.82, 2.24) is 0 Å². The summed E-state index contributed by atoms with van der Waals surface area (Å²) in [4.78, 5) is 0. The van der Waals surface area contributed by atoms with Crippen LogP contribution in [-0.2, 0) is 0 Å². The first kappa shape index (κ1) is 13.8. The molecule has 116 valence electrons. The summed E-state index contributed by atoms with van der Waals surface area (Å²) < 4.78 is 0. The van der Waals surface area contributed by atoms with Gasteiger partial charge in [0.2, 0.25) is 0 Å². The largest absolute Gasteiger partial charge is 0.0841 e. The molecule has 2 atom stereocenters. The predicted octanol–water partition coefficient (Wildman–Crippen LogP) is 5.95. The number of hydrogen-bond donors (Lipinski definition) is 0. The van der Waals surface area contributed by atoms with Crippen molar-refractivity contribution in [3.8, 4) is 0 Å². The van der Waals surface area contributed by atoms with Crippen molar-refractivity contribution in [2.24, 2.45) is 11.8 Å². The Morgan fingerprint density at radius 2 is 1.08 bits per heavy atom. The van der Waals surface area contributed by atoms with Gasteiger partial charge in [-0.2, -0.15) is 0 Å². The summed E-state index contributed by atoms with van der Waals surface area (Å²) in [6.07, 6.45) is 11.8. The maximum absolute atomic E-state index is 2.43. The van der Waals surface area contributed by atoms with Gasteiger partial charge < -0.3 is 0 Å². The Balaban J connectivity index is 1.73. The maximum Gasteiger partial charge on any atom is 0.0212 e. The molecule has 0 radical (unpaired) electrons. The molecule has 0 heterocycles. The molecule has 3 aliphatic rings. The van der Waals surface area contributed by atoms with E-state index < -0.39 is 0 Å². The van der Waals surface area contributed by atoms with Crippen LogP contribution in [0.1, 0.15) is 24.0 Å². The second-order valence-corrected chi connectivity index (χ2v) is 6.83. The Hall–Kier alpha value is -2.60. The lowest BCUT2D eigenvalue weighted by Crippen LogP contribution is -2.02. The van der Waals surface area contributed by atoms with Crippen LogP contribution in [0.3, 0.4) is 0 Å². The summed E-state index contributed by atoms with van der Waals surface area (Å²) in [6.45, 7) is 0. The second kappa shape index (κ2) is 5.49. The molecule has 0 saturated heterocycles. The predicted molar refractivity (Wildman–Crippen MR) is 100 cm³/mol. The van der Waals surface area contributed by atoms with Crippen molar-refractivity contribution in [3.05, 3.63) is 113 Å². The van der Waals surface area contributed by atoms with Crippen molar-refractivity contribution >= 4 is 5.57 Å². The van der Waals surface area contributed by atoms with Crippen LogP contribution >= 0.6 is 0 Å². The van der Waals surface area contributed by atoms with E-state index in [1.54, 1.807) is 16.7 Å². The third kappa shape index (κ3) is 1.99. The molecule has 0 fully saturated rings. The Morgan fingerprint density at radius 3 is 1.54 bits per heavy atom. The van der Waals surface area contributed by atoms with Gasteiger partial charge in [-0.05, 0) is 35.1 Å². The van der Waals surface area contributed by atoms with Gasteiger partial charge in [-0.1, -0.05) is 96.1 Å². The Kier molecular flexibility index (Phi) is 3.16. The molecule has 2 aromatic carbocycles. The fourth-order valence-electron chi connectivity index (χ4n) is 4.59. The fourth-order valence-corrected chi connectivity index (χ4v) is 4.59. The van der Waals surface area contributed by atoms with Crippen molar-refractivity contribution in [1.29, 1.82) is 0 Å². The second-order valence-electron chi connectivity index (χ2n) is 6.83. The summed E-state index contributed by atoms with van der Waals surface area (Å²) in [5, 5.41) is 0. The first-order valence-corrected chi connectivity index (χ1v) is 8.83. The van der Waals surface area contributed by atoms with E-state index in [4.69, 9.17) is 0 Å². The zero-order valence-electron chi connectivity index (χ0n) is 13.7. The third-order valence-corrected chi connectivity index (χ3v) is 5.59. The summed E-state index contributed by atoms with van der Waals surface area (Å²) in [5.74, 6) is 1.01. The maximum atomic E-state index is 2.43. The lowest BCUT2D eigenvalue weighted by molar-refractivity contribution is 0.897. The Bertz CT molecular complexity index is 820. The molecule has 0 N–H and O–H groups in total. The molecule has 2 bridgehead atoms. The highest BCUT2D eigenvalue weighted by atomic mass is 14.4. The van der Waals surface area contributed by atoms with E-state index >= 15 is 0 Å². The van der Waals surface area contributed by atoms with Crippen LogP contribution in [0.15, 0.2) is 102 Å². The van der Waals surface area contributed by atoms with Gasteiger partial charge in [0.1, 0.15) is 0 Å². The molecule has 24 heavy (non-hydrogen) atoms. The molecule has 2 aromatic rings. The lowest BCUT2D eigenvalue weighted by Gasteiger charge is -2.18. The number of fused-ring (bicyclic) bond motifs is 4. The molecule has 5 rings (SSSR count). The van der Waals surface area contributed by atoms with Crippen LogP contribution in [-0.4, -0.2) is 0 Å². The fraction of sp³-hybridized carbons (Fsp3) is 0.167. The monoisotopic (exact) mass is 308 g/mol. The summed E-state index contributed by atoms with van der Waals surface area (Å²) in [7, 11) is 0. The van der Waals surface area contributed by atoms with E-state index in [1.807, 2.05) is 0 Å². The van der Waals surface area contributed by atoms with Gasteiger partial charge in [0, 0.05) is 11.8 Å². The highest BCUT2D eigenvalue weighted by molar-refractivity contribution is 5.85. The van der Waals surface area contributed by atoms with Crippen LogP contribution < -0.4 is 0 Å². The van der Waals surface area contributed by atoms with Gasteiger partial charge in [-0.3, -0.25) is 0 Å². The van der Waals surface area contributed by atoms with Gasteiger partial charge >= 0.3 is 0 Å². The third-order valence-electron chi connectivity index (χ3n) is 5.59. The van der Waals surface area contributed by atoms with Gasteiger partial charge in [-0.15, -0.1) is 0 Å². The topological polar surface area (TPSA) is 0 Å². The van der Waals surface area contributed by atoms with Crippen LogP contribution in [0.4, 0.5) is 0 Å². The molecular formula is C24H20. The SMILES string of the molecule is C1=CCC2=C(C1)C1C=CC2C1=C(c1ccccc1)c1ccccc1. The molecule has 0 nitrogen and oxygen atoms in total. The van der Waals surface area contributed by atoms with Gasteiger partial charge in [0.15, 0.2) is 0 Å². The molecule has 0 aromatic heterocycles. The van der Waals surface area contributed by atoms with E-state index in [1.165, 1.54) is 16.7 Å². The van der Waals surface area contributed by atoms with Crippen LogP contribution in [0.5, 0.6) is 0 Å². The van der Waals surface area contributed by atoms with Crippen LogP contribution in [0.25, 0.3) is 5.57 Å². The van der Waals surface area contributed by atoms with Crippen molar-refractivity contribution < 1.29 is 0 Å². The van der Waals surface area contributed by atoms with E-state index in [2.05, 4.69) is 85.0 Å². The van der Waals surface area contributed by atoms with Crippen molar-refractivity contribution in [3.63, 3.8) is 0 Å². The molecule has 2 unspecified atom stereocenters. The highest BCUT2D eigenvalue weighted by Crippen LogP contribution is 2.54. The quantitative estimate of drug-likeness (QED) is 0.601. The number of hydrogen-bond acceptors (Lipinski definition) is 0. The molecule has 0 heteroatoms. The minimum absolute atomic E-state index is 0.505. The molecule has 0 amide bonds. The summed E-state index contributed by atoms with van der Waals surface area (Å²) in [5.41, 5.74) is 9.02. The highest BCUT2D eigenvalue weighted by Gasteiger charge is 2.41. The molecule has 0 saturated carbocycles. The van der Waals surface area contributed by atoms with Crippen molar-refractivity contribution in [2.75, 3.05) is 0 Å². The number of benzene rings is 2. The van der Waals surface area contributed by atoms with Crippen molar-refractivity contribution in [2.45, 2.75) is 12.8 Å². The zero-order chi connectivity index (χ0) is 15.9. The average Bonchev–Trinajstić information content (AvgIpc) is 3.21. The average molecular weight is 308 g/mol. The zero-order valence-corrected chi connectivity index (χ0v) is 13.7. The summed E-state index contributed by atoms with van der Waals surface area (Å²) in [6, 6.07) is 21.8. The van der Waals surface area contributed by atoms with E-state index in [0.717, 1.165) is 12.8 Å². The minimum atomic E-state index is 0.505. The first-order chi connectivity index (χ1) is 11.9. The van der Waals surface area contributed by atoms with Gasteiger partial charge in [0.05, 0.1) is 0 Å². The van der Waals surface area contributed by atoms with E-state index in [0.29, 0.717) is 11.8 Å². The van der Waals surface area contributed by atoms with E-state index in [9.17, 15) is 0 Å². The smallest absolute Gasteiger partial charge is 0.0212 e. The first-order valence-electron chi connectivity index (χ1n) is 8.83. The van der Waals surface area contributed by atoms with Gasteiger partial charge in [-0.25, -0.2) is 0 Å². The Labute approximate surface area is 143 Å². The Morgan fingerprint density at radius 1 is 0.625 bits per heavy atom. The van der Waals surface area contributed by atoms with Crippen LogP contribution in [0.2, 0.25) is 0 Å². The number of rotatable bonds is 2. The minimum Gasteiger partial charge on any atom is -0.0841 e. The normalized spacial score (nSPS) is 23.8. The lowest BCUT2D eigenvalue weighted by atomic mass is 9.86. The van der Waals surface area contributed by atoms with Crippen LogP contribution in [0, 0.1) is 11.8 Å². The molecular weight excluding hydrogens is 288 g/mol.